The highest BCUT2D eigenvalue weighted by atomic mass is 16.5. The predicted octanol–water partition coefficient (Wildman–Crippen LogP) is 2.04. The Morgan fingerprint density at radius 1 is 1.29 bits per heavy atom. The molecule has 0 atom stereocenters. The summed E-state index contributed by atoms with van der Waals surface area (Å²) in [5.74, 6) is -0.164. The Bertz CT molecular complexity index is 438. The average molecular weight is 231 g/mol. The molecular formula is C14H17NO2. The molecule has 1 aliphatic heterocycles. The van der Waals surface area contributed by atoms with Crippen molar-refractivity contribution in [3.63, 3.8) is 0 Å². The number of hydrogen-bond donors (Lipinski definition) is 1. The molecule has 0 bridgehead atoms. The predicted molar refractivity (Wildman–Crippen MR) is 64.9 cm³/mol. The Morgan fingerprint density at radius 3 is 2.94 bits per heavy atom. The smallest absolute Gasteiger partial charge is 0.338 e. The van der Waals surface area contributed by atoms with E-state index in [-0.39, 0.29) is 12.1 Å². The SMILES string of the molecule is O=C(OC1CCC1)c1ccc2c(c1)CNCC2. The first-order valence-corrected chi connectivity index (χ1v) is 6.36. The second-order valence-corrected chi connectivity index (χ2v) is 4.87. The van der Waals surface area contributed by atoms with Crippen molar-refractivity contribution in [3.8, 4) is 0 Å². The maximum absolute atomic E-state index is 11.9. The molecule has 1 aromatic rings. The molecular weight excluding hydrogens is 214 g/mol. The van der Waals surface area contributed by atoms with Crippen molar-refractivity contribution >= 4 is 5.97 Å². The lowest BCUT2D eigenvalue weighted by Gasteiger charge is -2.25. The minimum absolute atomic E-state index is 0.164. The molecule has 1 aliphatic carbocycles. The van der Waals surface area contributed by atoms with Crippen molar-refractivity contribution in [2.75, 3.05) is 6.54 Å². The molecule has 3 rings (SSSR count). The van der Waals surface area contributed by atoms with E-state index in [2.05, 4.69) is 11.4 Å². The van der Waals surface area contributed by atoms with Gasteiger partial charge in [-0.05, 0) is 55.5 Å². The molecule has 0 aromatic heterocycles. The molecule has 0 spiro atoms. The third kappa shape index (κ3) is 2.20. The monoisotopic (exact) mass is 231 g/mol. The van der Waals surface area contributed by atoms with Gasteiger partial charge in [-0.15, -0.1) is 0 Å². The van der Waals surface area contributed by atoms with Crippen LogP contribution in [0.25, 0.3) is 0 Å². The first kappa shape index (κ1) is 10.8. The molecule has 90 valence electrons. The van der Waals surface area contributed by atoms with Gasteiger partial charge in [-0.3, -0.25) is 0 Å². The van der Waals surface area contributed by atoms with Gasteiger partial charge in [-0.1, -0.05) is 6.07 Å². The summed E-state index contributed by atoms with van der Waals surface area (Å²) in [7, 11) is 0. The van der Waals surface area contributed by atoms with E-state index in [4.69, 9.17) is 4.74 Å². The van der Waals surface area contributed by atoms with Crippen LogP contribution in [0.15, 0.2) is 18.2 Å². The van der Waals surface area contributed by atoms with Crippen molar-refractivity contribution < 1.29 is 9.53 Å². The number of rotatable bonds is 2. The molecule has 0 radical (unpaired) electrons. The molecule has 3 heteroatoms. The van der Waals surface area contributed by atoms with Crippen LogP contribution >= 0.6 is 0 Å². The zero-order chi connectivity index (χ0) is 11.7. The molecule has 1 aromatic carbocycles. The second-order valence-electron chi connectivity index (χ2n) is 4.87. The van der Waals surface area contributed by atoms with Gasteiger partial charge in [-0.2, -0.15) is 0 Å². The highest BCUT2D eigenvalue weighted by Gasteiger charge is 2.22. The van der Waals surface area contributed by atoms with Crippen molar-refractivity contribution in [2.45, 2.75) is 38.3 Å². The number of esters is 1. The van der Waals surface area contributed by atoms with Crippen molar-refractivity contribution in [2.24, 2.45) is 0 Å². The van der Waals surface area contributed by atoms with Gasteiger partial charge in [-0.25, -0.2) is 4.79 Å². The normalized spacial score (nSPS) is 19.3. The van der Waals surface area contributed by atoms with Crippen molar-refractivity contribution in [1.29, 1.82) is 0 Å². The van der Waals surface area contributed by atoms with Gasteiger partial charge in [0.1, 0.15) is 6.10 Å². The summed E-state index contributed by atoms with van der Waals surface area (Å²) >= 11 is 0. The van der Waals surface area contributed by atoms with Crippen LogP contribution < -0.4 is 5.32 Å². The van der Waals surface area contributed by atoms with Crippen LogP contribution in [0.5, 0.6) is 0 Å². The Labute approximate surface area is 101 Å². The Balaban J connectivity index is 1.75. The topological polar surface area (TPSA) is 38.3 Å². The first-order chi connectivity index (χ1) is 8.33. The van der Waals surface area contributed by atoms with E-state index in [1.165, 1.54) is 17.5 Å². The third-order valence-electron chi connectivity index (χ3n) is 3.65. The molecule has 0 unspecified atom stereocenters. The summed E-state index contributed by atoms with van der Waals surface area (Å²) in [6.07, 6.45) is 4.45. The Kier molecular flexibility index (Phi) is 2.85. The van der Waals surface area contributed by atoms with E-state index in [0.29, 0.717) is 5.56 Å². The van der Waals surface area contributed by atoms with Crippen LogP contribution in [0.1, 0.15) is 40.7 Å². The highest BCUT2D eigenvalue weighted by Crippen LogP contribution is 2.24. The van der Waals surface area contributed by atoms with Gasteiger partial charge in [0.25, 0.3) is 0 Å². The van der Waals surface area contributed by atoms with Crippen LogP contribution in [0.2, 0.25) is 0 Å². The fourth-order valence-electron chi connectivity index (χ4n) is 2.32. The van der Waals surface area contributed by atoms with Crippen molar-refractivity contribution in [1.82, 2.24) is 5.32 Å². The van der Waals surface area contributed by atoms with Gasteiger partial charge in [0, 0.05) is 6.54 Å². The number of hydrogen-bond acceptors (Lipinski definition) is 3. The summed E-state index contributed by atoms with van der Waals surface area (Å²) in [5, 5.41) is 3.32. The molecule has 1 fully saturated rings. The maximum atomic E-state index is 11.9. The van der Waals surface area contributed by atoms with E-state index < -0.39 is 0 Å². The van der Waals surface area contributed by atoms with Gasteiger partial charge in [0.05, 0.1) is 5.56 Å². The summed E-state index contributed by atoms with van der Waals surface area (Å²) in [6.45, 7) is 1.89. The van der Waals surface area contributed by atoms with Gasteiger partial charge in [0.2, 0.25) is 0 Å². The molecule has 2 aliphatic rings. The zero-order valence-corrected chi connectivity index (χ0v) is 9.87. The van der Waals surface area contributed by atoms with Gasteiger partial charge < -0.3 is 10.1 Å². The number of benzene rings is 1. The van der Waals surface area contributed by atoms with E-state index in [1.54, 1.807) is 0 Å². The lowest BCUT2D eigenvalue weighted by Crippen LogP contribution is -2.26. The highest BCUT2D eigenvalue weighted by molar-refractivity contribution is 5.89. The minimum Gasteiger partial charge on any atom is -0.459 e. The maximum Gasteiger partial charge on any atom is 0.338 e. The molecule has 1 saturated carbocycles. The molecule has 1 heterocycles. The number of carbonyl (C=O) groups is 1. The Morgan fingerprint density at radius 2 is 2.18 bits per heavy atom. The summed E-state index contributed by atoms with van der Waals surface area (Å²) in [4.78, 5) is 11.9. The summed E-state index contributed by atoms with van der Waals surface area (Å²) in [5.41, 5.74) is 3.28. The molecule has 3 nitrogen and oxygen atoms in total. The quantitative estimate of drug-likeness (QED) is 0.792. The van der Waals surface area contributed by atoms with E-state index in [1.807, 2.05) is 12.1 Å². The third-order valence-corrected chi connectivity index (χ3v) is 3.65. The van der Waals surface area contributed by atoms with Crippen LogP contribution in [-0.2, 0) is 17.7 Å². The number of fused-ring (bicyclic) bond motifs is 1. The van der Waals surface area contributed by atoms with Crippen LogP contribution in [-0.4, -0.2) is 18.6 Å². The Hall–Kier alpha value is -1.35. The van der Waals surface area contributed by atoms with Crippen LogP contribution in [0.4, 0.5) is 0 Å². The molecule has 1 N–H and O–H groups in total. The zero-order valence-electron chi connectivity index (χ0n) is 9.87. The number of nitrogens with one attached hydrogen (secondary N) is 1. The number of ether oxygens (including phenoxy) is 1. The average Bonchev–Trinajstić information content (AvgIpc) is 2.33. The van der Waals surface area contributed by atoms with Crippen LogP contribution in [0, 0.1) is 0 Å². The fraction of sp³-hybridized carbons (Fsp3) is 0.500. The van der Waals surface area contributed by atoms with Gasteiger partial charge in [0.15, 0.2) is 0 Å². The van der Waals surface area contributed by atoms with E-state index in [0.717, 1.165) is 32.4 Å². The minimum atomic E-state index is -0.164. The number of carbonyl (C=O) groups excluding carboxylic acids is 1. The van der Waals surface area contributed by atoms with E-state index in [9.17, 15) is 4.79 Å². The second kappa shape index (κ2) is 4.49. The molecule has 0 saturated heterocycles. The summed E-state index contributed by atoms with van der Waals surface area (Å²) in [6, 6.07) is 5.93. The molecule has 17 heavy (non-hydrogen) atoms. The first-order valence-electron chi connectivity index (χ1n) is 6.36. The van der Waals surface area contributed by atoms with Crippen molar-refractivity contribution in [3.05, 3.63) is 34.9 Å². The largest absolute Gasteiger partial charge is 0.459 e. The lowest BCUT2D eigenvalue weighted by atomic mass is 9.96. The standard InChI is InChI=1S/C14H17NO2/c16-14(17-13-2-1-3-13)11-5-4-10-6-7-15-9-12(10)8-11/h4-5,8,13,15H,1-3,6-7,9H2. The molecule has 0 amide bonds. The van der Waals surface area contributed by atoms with Crippen LogP contribution in [0.3, 0.4) is 0 Å². The van der Waals surface area contributed by atoms with Gasteiger partial charge >= 0.3 is 5.97 Å². The lowest BCUT2D eigenvalue weighted by molar-refractivity contribution is 0.00899. The summed E-state index contributed by atoms with van der Waals surface area (Å²) < 4.78 is 5.40. The fourth-order valence-corrected chi connectivity index (χ4v) is 2.32. The van der Waals surface area contributed by atoms with E-state index >= 15 is 0 Å².